The van der Waals surface area contributed by atoms with E-state index in [1.165, 1.54) is 0 Å². The second-order valence-corrected chi connectivity index (χ2v) is 7.35. The third-order valence-corrected chi connectivity index (χ3v) is 4.94. The molecule has 0 saturated heterocycles. The molecule has 0 fully saturated rings. The van der Waals surface area contributed by atoms with E-state index in [1.54, 1.807) is 4.68 Å². The number of fused-ring (bicyclic) bond motifs is 1. The largest absolute Gasteiger partial charge is 0.349 e. The molecule has 2 aromatic carbocycles. The van der Waals surface area contributed by atoms with Gasteiger partial charge in [-0.25, -0.2) is 0 Å². The van der Waals surface area contributed by atoms with Crippen molar-refractivity contribution in [3.63, 3.8) is 0 Å². The maximum Gasteiger partial charge on any atom is 0.272 e. The van der Waals surface area contributed by atoms with Crippen LogP contribution < -0.4 is 10.6 Å². The zero-order valence-electron chi connectivity index (χ0n) is 16.5. The van der Waals surface area contributed by atoms with Gasteiger partial charge in [0.25, 0.3) is 5.91 Å². The van der Waals surface area contributed by atoms with E-state index in [2.05, 4.69) is 26.0 Å². The van der Waals surface area contributed by atoms with Crippen LogP contribution in [0.4, 0.5) is 0 Å². The minimum Gasteiger partial charge on any atom is -0.349 e. The first-order chi connectivity index (χ1) is 14.6. The Morgan fingerprint density at radius 3 is 2.73 bits per heavy atom. The Kier molecular flexibility index (Phi) is 6.06. The van der Waals surface area contributed by atoms with E-state index >= 15 is 0 Å². The smallest absolute Gasteiger partial charge is 0.272 e. The molecule has 0 aliphatic rings. The fraction of sp³-hybridized carbons (Fsp3) is 0.238. The van der Waals surface area contributed by atoms with Gasteiger partial charge in [-0.3, -0.25) is 14.2 Å². The molecule has 2 aromatic heterocycles. The van der Waals surface area contributed by atoms with Crippen LogP contribution in [0.15, 0.2) is 54.7 Å². The molecule has 1 amide bonds. The van der Waals surface area contributed by atoms with Gasteiger partial charge in [-0.2, -0.15) is 5.10 Å². The fourth-order valence-corrected chi connectivity index (χ4v) is 3.38. The molecule has 4 rings (SSSR count). The van der Waals surface area contributed by atoms with E-state index in [0.717, 1.165) is 22.2 Å². The van der Waals surface area contributed by atoms with E-state index < -0.39 is 0 Å². The highest BCUT2D eigenvalue weighted by molar-refractivity contribution is 6.30. The van der Waals surface area contributed by atoms with Gasteiger partial charge in [0, 0.05) is 29.7 Å². The average Bonchev–Trinajstić information content (AvgIpc) is 3.35. The minimum absolute atomic E-state index is 0.211. The monoisotopic (exact) mass is 423 g/mol. The number of amides is 1. The summed E-state index contributed by atoms with van der Waals surface area (Å²) in [6, 6.07) is 15.3. The summed E-state index contributed by atoms with van der Waals surface area (Å²) >= 11 is 5.98. The molecule has 0 saturated carbocycles. The second-order valence-electron chi connectivity index (χ2n) is 6.91. The molecule has 0 spiro atoms. The zero-order valence-corrected chi connectivity index (χ0v) is 17.3. The summed E-state index contributed by atoms with van der Waals surface area (Å²) in [5.74, 6) is -0.211. The van der Waals surface area contributed by atoms with Gasteiger partial charge in [0.1, 0.15) is 0 Å². The summed E-state index contributed by atoms with van der Waals surface area (Å²) in [4.78, 5) is 12.8. The Balaban J connectivity index is 1.47. The van der Waals surface area contributed by atoms with Gasteiger partial charge < -0.3 is 10.6 Å². The van der Waals surface area contributed by atoms with Crippen molar-refractivity contribution >= 4 is 28.4 Å². The molecule has 0 unspecified atom stereocenters. The maximum atomic E-state index is 12.8. The Labute approximate surface area is 178 Å². The van der Waals surface area contributed by atoms with Crippen molar-refractivity contribution in [1.82, 2.24) is 35.4 Å². The number of carbonyl (C=O) groups excluding carboxylic acids is 1. The molecule has 0 bridgehead atoms. The molecule has 0 aliphatic heterocycles. The number of nitrogens with one attached hydrogen (secondary N) is 2. The number of aromatic nitrogens is 5. The molecular weight excluding hydrogens is 402 g/mol. The Hall–Kier alpha value is -3.23. The second kappa shape index (κ2) is 9.06. The summed E-state index contributed by atoms with van der Waals surface area (Å²) < 4.78 is 3.55. The van der Waals surface area contributed by atoms with Crippen molar-refractivity contribution in [3.05, 3.63) is 76.7 Å². The standard InChI is InChI=1S/C21H22ClN7O/c1-23-12-17-14-28(27-25-17)11-10-24-21(30)20-18-4-2-3-5-19(18)29(26-20)13-15-6-8-16(22)9-7-15/h2-9,14,23H,10-13H2,1H3,(H,24,30). The topological polar surface area (TPSA) is 89.7 Å². The number of hydrogen-bond acceptors (Lipinski definition) is 5. The molecule has 2 heterocycles. The minimum atomic E-state index is -0.211. The normalized spacial score (nSPS) is 11.1. The van der Waals surface area contributed by atoms with Crippen LogP contribution in [0.1, 0.15) is 21.7 Å². The van der Waals surface area contributed by atoms with Crippen LogP contribution in [0, 0.1) is 0 Å². The first kappa shape index (κ1) is 20.1. The van der Waals surface area contributed by atoms with Crippen LogP contribution in [-0.2, 0) is 19.6 Å². The van der Waals surface area contributed by atoms with Gasteiger partial charge in [0.15, 0.2) is 5.69 Å². The zero-order chi connectivity index (χ0) is 20.9. The molecule has 4 aromatic rings. The Morgan fingerprint density at radius 2 is 1.93 bits per heavy atom. The molecule has 0 aliphatic carbocycles. The number of rotatable bonds is 8. The van der Waals surface area contributed by atoms with Crippen LogP contribution >= 0.6 is 11.6 Å². The van der Waals surface area contributed by atoms with Crippen molar-refractivity contribution in [2.75, 3.05) is 13.6 Å². The van der Waals surface area contributed by atoms with E-state index in [-0.39, 0.29) is 5.91 Å². The number of carbonyl (C=O) groups is 1. The van der Waals surface area contributed by atoms with Gasteiger partial charge in [-0.1, -0.05) is 47.1 Å². The van der Waals surface area contributed by atoms with Crippen molar-refractivity contribution in [1.29, 1.82) is 0 Å². The third-order valence-electron chi connectivity index (χ3n) is 4.69. The number of hydrogen-bond donors (Lipinski definition) is 2. The van der Waals surface area contributed by atoms with Crippen molar-refractivity contribution in [2.24, 2.45) is 0 Å². The Bertz CT molecular complexity index is 1150. The molecular formula is C21H22ClN7O. The highest BCUT2D eigenvalue weighted by Gasteiger charge is 2.17. The highest BCUT2D eigenvalue weighted by Crippen LogP contribution is 2.20. The summed E-state index contributed by atoms with van der Waals surface area (Å²) in [6.45, 7) is 2.17. The lowest BCUT2D eigenvalue weighted by atomic mass is 10.2. The first-order valence-corrected chi connectivity index (χ1v) is 10.0. The third kappa shape index (κ3) is 4.50. The summed E-state index contributed by atoms with van der Waals surface area (Å²) in [5.41, 5.74) is 3.23. The van der Waals surface area contributed by atoms with Crippen LogP contribution in [-0.4, -0.2) is 44.3 Å². The summed E-state index contributed by atoms with van der Waals surface area (Å²) in [6.07, 6.45) is 1.86. The molecule has 30 heavy (non-hydrogen) atoms. The number of nitrogens with zero attached hydrogens (tertiary/aromatic N) is 5. The molecule has 9 heteroatoms. The van der Waals surface area contributed by atoms with Gasteiger partial charge in [-0.05, 0) is 30.8 Å². The van der Waals surface area contributed by atoms with Gasteiger partial charge in [0.2, 0.25) is 0 Å². The lowest BCUT2D eigenvalue weighted by Gasteiger charge is -2.04. The fourth-order valence-electron chi connectivity index (χ4n) is 3.26. The van der Waals surface area contributed by atoms with Crippen molar-refractivity contribution < 1.29 is 4.79 Å². The highest BCUT2D eigenvalue weighted by atomic mass is 35.5. The molecule has 8 nitrogen and oxygen atoms in total. The van der Waals surface area contributed by atoms with Gasteiger partial charge >= 0.3 is 0 Å². The molecule has 0 atom stereocenters. The van der Waals surface area contributed by atoms with Crippen molar-refractivity contribution in [3.8, 4) is 0 Å². The van der Waals surface area contributed by atoms with Gasteiger partial charge in [-0.15, -0.1) is 5.10 Å². The van der Waals surface area contributed by atoms with Crippen LogP contribution in [0.25, 0.3) is 10.9 Å². The predicted molar refractivity (Wildman–Crippen MR) is 115 cm³/mol. The molecule has 2 N–H and O–H groups in total. The SMILES string of the molecule is CNCc1cn(CCNC(=O)c2nn(Cc3ccc(Cl)cc3)c3ccccc23)nn1. The maximum absolute atomic E-state index is 12.8. The van der Waals surface area contributed by atoms with E-state index in [4.69, 9.17) is 11.6 Å². The predicted octanol–water partition coefficient (Wildman–Crippen LogP) is 2.48. The van der Waals surface area contributed by atoms with Crippen LogP contribution in [0.2, 0.25) is 5.02 Å². The van der Waals surface area contributed by atoms with E-state index in [1.807, 2.05) is 66.5 Å². The lowest BCUT2D eigenvalue weighted by Crippen LogP contribution is -2.28. The van der Waals surface area contributed by atoms with Crippen molar-refractivity contribution in [2.45, 2.75) is 19.6 Å². The van der Waals surface area contributed by atoms with Crippen LogP contribution in [0.5, 0.6) is 0 Å². The van der Waals surface area contributed by atoms with Crippen LogP contribution in [0.3, 0.4) is 0 Å². The number of halogens is 1. The van der Waals surface area contributed by atoms with E-state index in [9.17, 15) is 4.79 Å². The quantitative estimate of drug-likeness (QED) is 0.454. The summed E-state index contributed by atoms with van der Waals surface area (Å²) in [7, 11) is 1.86. The number of benzene rings is 2. The Morgan fingerprint density at radius 1 is 1.13 bits per heavy atom. The number of para-hydroxylation sites is 1. The molecule has 154 valence electrons. The lowest BCUT2D eigenvalue weighted by molar-refractivity contribution is 0.0947. The van der Waals surface area contributed by atoms with Gasteiger partial charge in [0.05, 0.1) is 24.3 Å². The summed E-state index contributed by atoms with van der Waals surface area (Å²) in [5, 5.41) is 20.2. The molecule has 0 radical (unpaired) electrons. The van der Waals surface area contributed by atoms with E-state index in [0.29, 0.717) is 36.9 Å². The first-order valence-electron chi connectivity index (χ1n) is 9.66. The average molecular weight is 424 g/mol.